The molecule has 0 aromatic carbocycles. The maximum Gasteiger partial charge on any atom is 0.205 e. The fourth-order valence-electron chi connectivity index (χ4n) is 3.85. The second-order valence-corrected chi connectivity index (χ2v) is 7.81. The van der Waals surface area contributed by atoms with Crippen molar-refractivity contribution < 1.29 is 5.11 Å². The van der Waals surface area contributed by atoms with Crippen molar-refractivity contribution in [3.63, 3.8) is 0 Å². The number of anilines is 3. The molecule has 1 N–H and O–H groups in total. The minimum Gasteiger partial charge on any atom is -0.394 e. The lowest BCUT2D eigenvalue weighted by atomic mass is 10.2. The molecule has 0 radical (unpaired) electrons. The second-order valence-electron chi connectivity index (χ2n) is 7.08. The average Bonchev–Trinajstić information content (AvgIpc) is 3.32. The number of aliphatic hydroxyl groups excluding tert-OH is 1. The van der Waals surface area contributed by atoms with Gasteiger partial charge in [0.1, 0.15) is 23.8 Å². The van der Waals surface area contributed by atoms with Crippen LogP contribution in [0.3, 0.4) is 0 Å². The normalized spacial score (nSPS) is 21.0. The van der Waals surface area contributed by atoms with E-state index in [1.54, 1.807) is 6.33 Å². The minimum atomic E-state index is 0.178. The predicted molar refractivity (Wildman–Crippen MR) is 108 cm³/mol. The fourth-order valence-corrected chi connectivity index (χ4v) is 4.65. The molecule has 0 amide bonds. The molecule has 2 saturated heterocycles. The van der Waals surface area contributed by atoms with Crippen LogP contribution in [0.5, 0.6) is 0 Å². The lowest BCUT2D eigenvalue weighted by Crippen LogP contribution is -2.34. The molecule has 146 valence electrons. The molecule has 0 aliphatic carbocycles. The Balaban J connectivity index is 1.45. The van der Waals surface area contributed by atoms with Crippen molar-refractivity contribution in [1.29, 1.82) is 0 Å². The molecule has 1 atom stereocenters. The third-order valence-electron chi connectivity index (χ3n) is 5.38. The first-order valence-corrected chi connectivity index (χ1v) is 10.6. The highest BCUT2D eigenvalue weighted by atomic mass is 32.1. The topological polar surface area (TPSA) is 81.5 Å². The van der Waals surface area contributed by atoms with Gasteiger partial charge in [-0.1, -0.05) is 6.92 Å². The van der Waals surface area contributed by atoms with Gasteiger partial charge in [0.05, 0.1) is 12.6 Å². The zero-order chi connectivity index (χ0) is 18.6. The van der Waals surface area contributed by atoms with E-state index in [-0.39, 0.29) is 12.6 Å². The van der Waals surface area contributed by atoms with Crippen LogP contribution in [0.2, 0.25) is 0 Å². The van der Waals surface area contributed by atoms with E-state index in [9.17, 15) is 5.11 Å². The van der Waals surface area contributed by atoms with E-state index in [1.165, 1.54) is 11.5 Å². The zero-order valence-corrected chi connectivity index (χ0v) is 16.6. The third-order valence-corrected chi connectivity index (χ3v) is 6.20. The van der Waals surface area contributed by atoms with Crippen molar-refractivity contribution >= 4 is 28.3 Å². The molecule has 2 fully saturated rings. The lowest BCUT2D eigenvalue weighted by molar-refractivity contribution is 0.266. The van der Waals surface area contributed by atoms with Gasteiger partial charge in [0.15, 0.2) is 0 Å². The summed E-state index contributed by atoms with van der Waals surface area (Å²) in [6, 6.07) is 2.25. The molecule has 1 unspecified atom stereocenters. The summed E-state index contributed by atoms with van der Waals surface area (Å²) in [4.78, 5) is 20.5. The van der Waals surface area contributed by atoms with Crippen molar-refractivity contribution in [3.8, 4) is 0 Å². The minimum absolute atomic E-state index is 0.178. The molecule has 2 aromatic heterocycles. The molecule has 0 spiro atoms. The smallest absolute Gasteiger partial charge is 0.205 e. The van der Waals surface area contributed by atoms with E-state index < -0.39 is 0 Å². The van der Waals surface area contributed by atoms with E-state index in [0.29, 0.717) is 0 Å². The monoisotopic (exact) mass is 389 g/mol. The first-order valence-electron chi connectivity index (χ1n) is 9.80. The van der Waals surface area contributed by atoms with Crippen LogP contribution < -0.4 is 14.7 Å². The highest BCUT2D eigenvalue weighted by Crippen LogP contribution is 2.27. The average molecular weight is 390 g/mol. The molecule has 27 heavy (non-hydrogen) atoms. The summed E-state index contributed by atoms with van der Waals surface area (Å²) >= 11 is 1.50. The van der Waals surface area contributed by atoms with Gasteiger partial charge in [-0.05, 0) is 19.3 Å². The van der Waals surface area contributed by atoms with Crippen LogP contribution in [-0.4, -0.2) is 69.8 Å². The summed E-state index contributed by atoms with van der Waals surface area (Å²) < 4.78 is 4.42. The van der Waals surface area contributed by atoms with Crippen LogP contribution in [0.15, 0.2) is 12.4 Å². The first-order chi connectivity index (χ1) is 13.3. The second kappa shape index (κ2) is 8.35. The Kier molecular flexibility index (Phi) is 5.68. The van der Waals surface area contributed by atoms with Gasteiger partial charge in [0, 0.05) is 56.7 Å². The van der Waals surface area contributed by atoms with E-state index in [2.05, 4.69) is 47.0 Å². The molecule has 9 heteroatoms. The summed E-state index contributed by atoms with van der Waals surface area (Å²) in [6.45, 7) is 7.00. The maximum absolute atomic E-state index is 9.60. The molecule has 0 saturated carbocycles. The van der Waals surface area contributed by atoms with Gasteiger partial charge in [0.2, 0.25) is 5.13 Å². The van der Waals surface area contributed by atoms with Crippen LogP contribution >= 0.6 is 11.5 Å². The summed E-state index contributed by atoms with van der Waals surface area (Å²) in [5.74, 6) is 2.83. The van der Waals surface area contributed by atoms with Crippen molar-refractivity contribution in [2.45, 2.75) is 38.6 Å². The molecule has 8 nitrogen and oxygen atoms in total. The van der Waals surface area contributed by atoms with Crippen molar-refractivity contribution in [2.75, 3.05) is 54.0 Å². The molecule has 2 aromatic rings. The third kappa shape index (κ3) is 3.98. The predicted octanol–water partition coefficient (Wildman–Crippen LogP) is 1.57. The quantitative estimate of drug-likeness (QED) is 0.825. The highest BCUT2D eigenvalue weighted by molar-refractivity contribution is 7.09. The highest BCUT2D eigenvalue weighted by Gasteiger charge is 2.26. The van der Waals surface area contributed by atoms with E-state index in [0.717, 1.165) is 81.0 Å². The molecular formula is C18H27N7OS. The SMILES string of the molecule is CCc1nsc(N2CCCN(c3cc(N4CCCC4CO)ncn3)CC2)n1. The van der Waals surface area contributed by atoms with Gasteiger partial charge in [-0.3, -0.25) is 0 Å². The van der Waals surface area contributed by atoms with Gasteiger partial charge >= 0.3 is 0 Å². The van der Waals surface area contributed by atoms with Crippen LogP contribution in [0.25, 0.3) is 0 Å². The fraction of sp³-hybridized carbons (Fsp3) is 0.667. The Morgan fingerprint density at radius 1 is 1.07 bits per heavy atom. The number of rotatable bonds is 5. The Labute approximate surface area is 164 Å². The number of hydrogen-bond donors (Lipinski definition) is 1. The van der Waals surface area contributed by atoms with Gasteiger partial charge in [0.25, 0.3) is 0 Å². The zero-order valence-electron chi connectivity index (χ0n) is 15.8. The van der Waals surface area contributed by atoms with Crippen LogP contribution in [0.1, 0.15) is 32.0 Å². The van der Waals surface area contributed by atoms with Crippen molar-refractivity contribution in [3.05, 3.63) is 18.2 Å². The lowest BCUT2D eigenvalue weighted by Gasteiger charge is -2.26. The first kappa shape index (κ1) is 18.4. The standard InChI is InChI=1S/C18H27N7OS/c1-2-15-21-18(27-22-15)24-7-4-6-23(9-10-24)16-11-17(20-13-19-16)25-8-3-5-14(25)12-26/h11,13-14,26H,2-10,12H2,1H3. The number of nitrogens with zero attached hydrogens (tertiary/aromatic N) is 7. The van der Waals surface area contributed by atoms with E-state index >= 15 is 0 Å². The van der Waals surface area contributed by atoms with E-state index in [1.807, 2.05) is 0 Å². The summed E-state index contributed by atoms with van der Waals surface area (Å²) in [7, 11) is 0. The van der Waals surface area contributed by atoms with Gasteiger partial charge in [-0.15, -0.1) is 0 Å². The Hall–Kier alpha value is -2.00. The van der Waals surface area contributed by atoms with Crippen LogP contribution in [0.4, 0.5) is 16.8 Å². The van der Waals surface area contributed by atoms with Crippen molar-refractivity contribution in [1.82, 2.24) is 19.3 Å². The Morgan fingerprint density at radius 3 is 2.70 bits per heavy atom. The summed E-state index contributed by atoms with van der Waals surface area (Å²) in [5.41, 5.74) is 0. The van der Waals surface area contributed by atoms with Crippen molar-refractivity contribution in [2.24, 2.45) is 0 Å². The van der Waals surface area contributed by atoms with Gasteiger partial charge < -0.3 is 19.8 Å². The summed E-state index contributed by atoms with van der Waals surface area (Å²) in [6.07, 6.45) is 5.72. The van der Waals surface area contributed by atoms with Crippen LogP contribution in [0, 0.1) is 0 Å². The summed E-state index contributed by atoms with van der Waals surface area (Å²) in [5, 5.41) is 10.6. The molecule has 2 aliphatic rings. The number of hydrogen-bond acceptors (Lipinski definition) is 9. The Bertz CT molecular complexity index is 755. The number of aliphatic hydroxyl groups is 1. The van der Waals surface area contributed by atoms with Crippen LogP contribution in [-0.2, 0) is 6.42 Å². The molecule has 0 bridgehead atoms. The number of aromatic nitrogens is 4. The van der Waals surface area contributed by atoms with Gasteiger partial charge in [-0.2, -0.15) is 4.37 Å². The van der Waals surface area contributed by atoms with E-state index in [4.69, 9.17) is 0 Å². The Morgan fingerprint density at radius 2 is 1.89 bits per heavy atom. The van der Waals surface area contributed by atoms with Gasteiger partial charge in [-0.25, -0.2) is 15.0 Å². The molecule has 2 aliphatic heterocycles. The number of aryl methyl sites for hydroxylation is 1. The largest absolute Gasteiger partial charge is 0.394 e. The molecule has 4 rings (SSSR count). The molecular weight excluding hydrogens is 362 g/mol. The molecule has 4 heterocycles. The maximum atomic E-state index is 9.60.